The van der Waals surface area contributed by atoms with E-state index in [9.17, 15) is 24.1 Å². The van der Waals surface area contributed by atoms with Crippen LogP contribution in [0.25, 0.3) is 0 Å². The summed E-state index contributed by atoms with van der Waals surface area (Å²) in [4.78, 5) is 31.9. The summed E-state index contributed by atoms with van der Waals surface area (Å²) in [5, 5.41) is 10.6. The first kappa shape index (κ1) is 13.6. The normalized spacial score (nSPS) is 9.72. The molecule has 0 radical (unpaired) electrons. The molecule has 0 aliphatic rings. The molecule has 2 amide bonds. The van der Waals surface area contributed by atoms with Gasteiger partial charge in [0, 0.05) is 19.1 Å². The molecule has 0 saturated carbocycles. The van der Waals surface area contributed by atoms with Gasteiger partial charge in [0.25, 0.3) is 11.6 Å². The number of nitro benzene ring substituents is 1. The van der Waals surface area contributed by atoms with Crippen molar-refractivity contribution in [3.63, 3.8) is 0 Å². The van der Waals surface area contributed by atoms with Crippen molar-refractivity contribution in [1.82, 2.24) is 10.9 Å². The van der Waals surface area contributed by atoms with Crippen molar-refractivity contribution in [2.24, 2.45) is 0 Å². The third kappa shape index (κ3) is 3.00. The van der Waals surface area contributed by atoms with Gasteiger partial charge in [-0.2, -0.15) is 0 Å². The summed E-state index contributed by atoms with van der Waals surface area (Å²) in [6, 6.07) is 1.82. The van der Waals surface area contributed by atoms with E-state index in [0.29, 0.717) is 0 Å². The lowest BCUT2D eigenvalue weighted by molar-refractivity contribution is -0.385. The minimum Gasteiger partial charge on any atom is -0.274 e. The number of carbonyl (C=O) groups is 2. The lowest BCUT2D eigenvalue weighted by atomic mass is 10.1. The average Bonchev–Trinajstić information content (AvgIpc) is 2.29. The number of aryl methyl sites for hydroxylation is 1. The molecule has 8 heteroatoms. The number of non-ortho nitro benzene ring substituents is 1. The number of nitrogens with zero attached hydrogens (tertiary/aromatic N) is 1. The Bertz CT molecular complexity index is 530. The maximum atomic E-state index is 13.6. The minimum atomic E-state index is -0.963. The van der Waals surface area contributed by atoms with E-state index in [1.165, 1.54) is 6.92 Å². The highest BCUT2D eigenvalue weighted by molar-refractivity contribution is 5.96. The van der Waals surface area contributed by atoms with Crippen LogP contribution in [0.1, 0.15) is 22.8 Å². The van der Waals surface area contributed by atoms with Gasteiger partial charge in [0.1, 0.15) is 5.82 Å². The molecule has 2 N–H and O–H groups in total. The Morgan fingerprint density at radius 3 is 2.44 bits per heavy atom. The molecule has 0 saturated heterocycles. The van der Waals surface area contributed by atoms with Crippen molar-refractivity contribution in [3.05, 3.63) is 39.2 Å². The fourth-order valence-electron chi connectivity index (χ4n) is 1.23. The lowest BCUT2D eigenvalue weighted by Crippen LogP contribution is -2.40. The third-order valence-corrected chi connectivity index (χ3v) is 2.05. The van der Waals surface area contributed by atoms with E-state index in [1.54, 1.807) is 0 Å². The standard InChI is InChI=1S/C10H10FN3O4/c1-5-3-7(14(17)18)4-8(9(5)11)10(16)13-12-6(2)15/h3-4H,1-2H3,(H,12,15)(H,13,16). The Balaban J connectivity index is 3.10. The van der Waals surface area contributed by atoms with Crippen LogP contribution in [-0.2, 0) is 4.79 Å². The second-order valence-corrected chi connectivity index (χ2v) is 3.52. The Morgan fingerprint density at radius 1 is 1.33 bits per heavy atom. The Morgan fingerprint density at radius 2 is 1.94 bits per heavy atom. The number of hydrogen-bond donors (Lipinski definition) is 2. The van der Waals surface area contributed by atoms with E-state index in [1.807, 2.05) is 10.9 Å². The Hall–Kier alpha value is -2.51. The molecule has 1 rings (SSSR count). The number of benzene rings is 1. The van der Waals surface area contributed by atoms with Crippen LogP contribution in [0.3, 0.4) is 0 Å². The first-order chi connectivity index (χ1) is 8.32. The highest BCUT2D eigenvalue weighted by Gasteiger charge is 2.19. The quantitative estimate of drug-likeness (QED) is 0.603. The van der Waals surface area contributed by atoms with Gasteiger partial charge in [0.15, 0.2) is 0 Å². The summed E-state index contributed by atoms with van der Waals surface area (Å²) in [6.07, 6.45) is 0. The number of hydrogen-bond acceptors (Lipinski definition) is 4. The number of halogens is 1. The second kappa shape index (κ2) is 5.21. The van der Waals surface area contributed by atoms with E-state index in [0.717, 1.165) is 19.1 Å². The van der Waals surface area contributed by atoms with Crippen molar-refractivity contribution in [1.29, 1.82) is 0 Å². The molecule has 0 atom stereocenters. The van der Waals surface area contributed by atoms with Gasteiger partial charge < -0.3 is 0 Å². The summed E-state index contributed by atoms with van der Waals surface area (Å²) < 4.78 is 13.6. The zero-order valence-corrected chi connectivity index (χ0v) is 9.61. The first-order valence-electron chi connectivity index (χ1n) is 4.84. The topological polar surface area (TPSA) is 101 Å². The molecular weight excluding hydrogens is 245 g/mol. The van der Waals surface area contributed by atoms with Gasteiger partial charge in [-0.05, 0) is 12.5 Å². The zero-order valence-electron chi connectivity index (χ0n) is 9.61. The van der Waals surface area contributed by atoms with E-state index in [-0.39, 0.29) is 5.56 Å². The van der Waals surface area contributed by atoms with Crippen LogP contribution in [-0.4, -0.2) is 16.7 Å². The monoisotopic (exact) mass is 255 g/mol. The van der Waals surface area contributed by atoms with Gasteiger partial charge in [0.05, 0.1) is 10.5 Å². The second-order valence-electron chi connectivity index (χ2n) is 3.52. The summed E-state index contributed by atoms with van der Waals surface area (Å²) in [5.41, 5.74) is 2.96. The number of rotatable bonds is 2. The Kier molecular flexibility index (Phi) is 3.93. The number of hydrazine groups is 1. The van der Waals surface area contributed by atoms with Gasteiger partial charge in [0.2, 0.25) is 5.91 Å². The molecule has 96 valence electrons. The van der Waals surface area contributed by atoms with Crippen molar-refractivity contribution >= 4 is 17.5 Å². The minimum absolute atomic E-state index is 0.0304. The van der Waals surface area contributed by atoms with E-state index in [2.05, 4.69) is 0 Å². The fraction of sp³-hybridized carbons (Fsp3) is 0.200. The van der Waals surface area contributed by atoms with E-state index in [4.69, 9.17) is 0 Å². The molecular formula is C10H10FN3O4. The van der Waals surface area contributed by atoms with Gasteiger partial charge in [-0.15, -0.1) is 0 Å². The SMILES string of the molecule is CC(=O)NNC(=O)c1cc([N+](=O)[O-])cc(C)c1F. The van der Waals surface area contributed by atoms with Gasteiger partial charge >= 0.3 is 0 Å². The molecule has 0 bridgehead atoms. The number of nitrogens with one attached hydrogen (secondary N) is 2. The van der Waals surface area contributed by atoms with Gasteiger partial charge in [-0.1, -0.05) is 0 Å². The number of carbonyl (C=O) groups excluding carboxylic acids is 2. The number of amides is 2. The summed E-state index contributed by atoms with van der Waals surface area (Å²) in [5.74, 6) is -2.39. The molecule has 7 nitrogen and oxygen atoms in total. The highest BCUT2D eigenvalue weighted by Crippen LogP contribution is 2.20. The lowest BCUT2D eigenvalue weighted by Gasteiger charge is -2.07. The van der Waals surface area contributed by atoms with Crippen LogP contribution < -0.4 is 10.9 Å². The molecule has 0 heterocycles. The summed E-state index contributed by atoms with van der Waals surface area (Å²) in [7, 11) is 0. The highest BCUT2D eigenvalue weighted by atomic mass is 19.1. The molecule has 1 aromatic rings. The van der Waals surface area contributed by atoms with Crippen LogP contribution in [0.5, 0.6) is 0 Å². The fourth-order valence-corrected chi connectivity index (χ4v) is 1.23. The maximum Gasteiger partial charge on any atom is 0.272 e. The predicted molar refractivity (Wildman–Crippen MR) is 59.1 cm³/mol. The molecule has 0 aromatic heterocycles. The summed E-state index contributed by atoms with van der Waals surface area (Å²) >= 11 is 0. The van der Waals surface area contributed by atoms with Crippen LogP contribution in [0.2, 0.25) is 0 Å². The van der Waals surface area contributed by atoms with Crippen molar-refractivity contribution in [2.45, 2.75) is 13.8 Å². The van der Waals surface area contributed by atoms with Crippen LogP contribution in [0.4, 0.5) is 10.1 Å². The van der Waals surface area contributed by atoms with Crippen LogP contribution in [0.15, 0.2) is 12.1 Å². The molecule has 0 aliphatic carbocycles. The molecule has 0 spiro atoms. The van der Waals surface area contributed by atoms with Gasteiger partial charge in [-0.3, -0.25) is 30.6 Å². The largest absolute Gasteiger partial charge is 0.274 e. The first-order valence-corrected chi connectivity index (χ1v) is 4.84. The molecule has 1 aromatic carbocycles. The van der Waals surface area contributed by atoms with Crippen molar-refractivity contribution in [3.8, 4) is 0 Å². The molecule has 0 unspecified atom stereocenters. The van der Waals surface area contributed by atoms with Crippen molar-refractivity contribution in [2.75, 3.05) is 0 Å². The zero-order chi connectivity index (χ0) is 13.9. The smallest absolute Gasteiger partial charge is 0.272 e. The van der Waals surface area contributed by atoms with Crippen LogP contribution >= 0.6 is 0 Å². The van der Waals surface area contributed by atoms with Crippen molar-refractivity contribution < 1.29 is 18.9 Å². The molecule has 18 heavy (non-hydrogen) atoms. The maximum absolute atomic E-state index is 13.6. The number of nitro groups is 1. The Labute approximate surface area is 101 Å². The van der Waals surface area contributed by atoms with Gasteiger partial charge in [-0.25, -0.2) is 4.39 Å². The molecule has 0 fully saturated rings. The predicted octanol–water partition coefficient (Wildman–Crippen LogP) is 0.823. The van der Waals surface area contributed by atoms with E-state index >= 15 is 0 Å². The van der Waals surface area contributed by atoms with E-state index < -0.39 is 33.8 Å². The average molecular weight is 255 g/mol. The van der Waals surface area contributed by atoms with Crippen LogP contribution in [0, 0.1) is 22.9 Å². The molecule has 0 aliphatic heterocycles. The summed E-state index contributed by atoms with van der Waals surface area (Å²) in [6.45, 7) is 2.45. The third-order valence-electron chi connectivity index (χ3n) is 2.05.